The molecule has 0 unspecified atom stereocenters. The third-order valence-electron chi connectivity index (χ3n) is 3.40. The molecule has 0 heterocycles. The fraction of sp³-hybridized carbons (Fsp3) is 0.278. The number of benzene rings is 2. The van der Waals surface area contributed by atoms with Crippen molar-refractivity contribution in [3.8, 4) is 5.75 Å². The molecule has 2 rings (SSSR count). The maximum absolute atomic E-state index is 12.6. The Morgan fingerprint density at radius 2 is 1.72 bits per heavy atom. The van der Waals surface area contributed by atoms with E-state index in [1.54, 1.807) is 36.4 Å². The van der Waals surface area contributed by atoms with Crippen LogP contribution in [-0.2, 0) is 10.0 Å². The highest BCUT2D eigenvalue weighted by Crippen LogP contribution is 2.22. The number of rotatable bonds is 8. The summed E-state index contributed by atoms with van der Waals surface area (Å²) >= 11 is 0. The van der Waals surface area contributed by atoms with Crippen LogP contribution >= 0.6 is 0 Å². The molecule has 0 saturated heterocycles. The Morgan fingerprint density at radius 1 is 1.04 bits per heavy atom. The molecule has 2 aromatic carbocycles. The maximum Gasteiger partial charge on any atom is 0.261 e. The summed E-state index contributed by atoms with van der Waals surface area (Å²) in [6.07, 6.45) is 0.797. The number of carbonyl (C=O) groups excluding carboxylic acids is 1. The van der Waals surface area contributed by atoms with Crippen molar-refractivity contribution >= 4 is 21.6 Å². The topological polar surface area (TPSA) is 84.5 Å². The Labute approximate surface area is 148 Å². The van der Waals surface area contributed by atoms with Gasteiger partial charge in [0.25, 0.3) is 15.9 Å². The van der Waals surface area contributed by atoms with E-state index in [9.17, 15) is 13.2 Å². The van der Waals surface area contributed by atoms with E-state index < -0.39 is 10.0 Å². The second kappa shape index (κ2) is 8.53. The molecule has 0 spiro atoms. The Morgan fingerprint density at radius 3 is 2.36 bits per heavy atom. The van der Waals surface area contributed by atoms with E-state index in [1.165, 1.54) is 12.1 Å². The van der Waals surface area contributed by atoms with Gasteiger partial charge in [0, 0.05) is 6.54 Å². The van der Waals surface area contributed by atoms with Gasteiger partial charge in [-0.1, -0.05) is 19.1 Å². The van der Waals surface area contributed by atoms with Crippen LogP contribution in [0.3, 0.4) is 0 Å². The molecule has 0 aliphatic carbocycles. The van der Waals surface area contributed by atoms with Crippen molar-refractivity contribution in [1.29, 1.82) is 0 Å². The molecule has 0 fully saturated rings. The van der Waals surface area contributed by atoms with Crippen LogP contribution in [0.5, 0.6) is 5.75 Å². The van der Waals surface area contributed by atoms with Crippen LogP contribution in [0.1, 0.15) is 30.6 Å². The number of anilines is 1. The summed E-state index contributed by atoms with van der Waals surface area (Å²) in [5, 5.41) is 2.75. The number of hydrogen-bond acceptors (Lipinski definition) is 4. The Bertz CT molecular complexity index is 817. The minimum Gasteiger partial charge on any atom is -0.494 e. The van der Waals surface area contributed by atoms with E-state index >= 15 is 0 Å². The van der Waals surface area contributed by atoms with Crippen LogP contribution in [0, 0.1) is 0 Å². The van der Waals surface area contributed by atoms with Crippen LogP contribution in [0.15, 0.2) is 53.4 Å². The monoisotopic (exact) mass is 362 g/mol. The summed E-state index contributed by atoms with van der Waals surface area (Å²) in [6.45, 7) is 4.83. The highest BCUT2D eigenvalue weighted by atomic mass is 32.2. The van der Waals surface area contributed by atoms with Gasteiger partial charge in [-0.2, -0.15) is 0 Å². The van der Waals surface area contributed by atoms with Crippen molar-refractivity contribution in [2.24, 2.45) is 0 Å². The van der Waals surface area contributed by atoms with Crippen LogP contribution in [0.4, 0.5) is 5.69 Å². The van der Waals surface area contributed by atoms with E-state index in [0.717, 1.165) is 6.42 Å². The summed E-state index contributed by atoms with van der Waals surface area (Å²) in [4.78, 5) is 12.3. The third-order valence-corrected chi connectivity index (χ3v) is 4.78. The molecular formula is C18H22N2O4S. The maximum atomic E-state index is 12.6. The van der Waals surface area contributed by atoms with E-state index in [4.69, 9.17) is 4.74 Å². The fourth-order valence-electron chi connectivity index (χ4n) is 2.19. The largest absolute Gasteiger partial charge is 0.494 e. The number of nitrogens with one attached hydrogen (secondary N) is 2. The molecule has 0 aromatic heterocycles. The smallest absolute Gasteiger partial charge is 0.261 e. The molecule has 2 aromatic rings. The van der Waals surface area contributed by atoms with Crippen LogP contribution in [-0.4, -0.2) is 27.5 Å². The molecule has 134 valence electrons. The average molecular weight is 362 g/mol. The first-order valence-electron chi connectivity index (χ1n) is 8.10. The van der Waals surface area contributed by atoms with E-state index in [0.29, 0.717) is 18.9 Å². The van der Waals surface area contributed by atoms with Gasteiger partial charge >= 0.3 is 0 Å². The highest BCUT2D eigenvalue weighted by Gasteiger charge is 2.18. The molecule has 6 nitrogen and oxygen atoms in total. The zero-order chi connectivity index (χ0) is 18.3. The number of hydrogen-bond donors (Lipinski definition) is 2. The summed E-state index contributed by atoms with van der Waals surface area (Å²) in [6, 6.07) is 12.6. The standard InChI is InChI=1S/C18H22N2O4S/c1-3-13-19-18(21)16-7-5-6-8-17(16)20-25(22,23)15-11-9-14(10-12-15)24-4-2/h5-12,20H,3-4,13H2,1-2H3,(H,19,21). The lowest BCUT2D eigenvalue weighted by molar-refractivity contribution is 0.0954. The molecule has 0 aliphatic rings. The van der Waals surface area contributed by atoms with Gasteiger partial charge in [-0.15, -0.1) is 0 Å². The normalized spacial score (nSPS) is 11.0. The molecule has 0 bridgehead atoms. The minimum atomic E-state index is -3.81. The first-order chi connectivity index (χ1) is 12.0. The van der Waals surface area contributed by atoms with E-state index in [2.05, 4.69) is 10.0 Å². The quantitative estimate of drug-likeness (QED) is 0.756. The number of sulfonamides is 1. The first kappa shape index (κ1) is 18.8. The van der Waals surface area contributed by atoms with Gasteiger partial charge in [-0.05, 0) is 49.7 Å². The van der Waals surface area contributed by atoms with E-state index in [1.807, 2.05) is 13.8 Å². The van der Waals surface area contributed by atoms with Crippen LogP contribution < -0.4 is 14.8 Å². The number of carbonyl (C=O) groups is 1. The molecule has 7 heteroatoms. The van der Waals surface area contributed by atoms with Crippen LogP contribution in [0.2, 0.25) is 0 Å². The minimum absolute atomic E-state index is 0.0970. The van der Waals surface area contributed by atoms with Gasteiger partial charge in [0.05, 0.1) is 22.8 Å². The predicted molar refractivity (Wildman–Crippen MR) is 97.5 cm³/mol. The molecule has 0 saturated carbocycles. The summed E-state index contributed by atoms with van der Waals surface area (Å²) < 4.78 is 32.9. The SMILES string of the molecule is CCCNC(=O)c1ccccc1NS(=O)(=O)c1ccc(OCC)cc1. The summed E-state index contributed by atoms with van der Waals surface area (Å²) in [5.41, 5.74) is 0.524. The lowest BCUT2D eigenvalue weighted by Gasteiger charge is -2.13. The van der Waals surface area contributed by atoms with Crippen LogP contribution in [0.25, 0.3) is 0 Å². The van der Waals surface area contributed by atoms with Gasteiger partial charge < -0.3 is 10.1 Å². The lowest BCUT2D eigenvalue weighted by Crippen LogP contribution is -2.25. The van der Waals surface area contributed by atoms with Crippen molar-refractivity contribution < 1.29 is 17.9 Å². The zero-order valence-corrected chi connectivity index (χ0v) is 15.1. The third kappa shape index (κ3) is 4.96. The number of ether oxygens (including phenoxy) is 1. The van der Waals surface area contributed by atoms with Gasteiger partial charge in [-0.3, -0.25) is 9.52 Å². The molecule has 2 N–H and O–H groups in total. The second-order valence-electron chi connectivity index (χ2n) is 5.31. The molecule has 1 amide bonds. The first-order valence-corrected chi connectivity index (χ1v) is 9.59. The molecule has 0 radical (unpaired) electrons. The van der Waals surface area contributed by atoms with Gasteiger partial charge in [0.15, 0.2) is 0 Å². The molecule has 0 atom stereocenters. The van der Waals surface area contributed by atoms with E-state index in [-0.39, 0.29) is 22.1 Å². The fourth-order valence-corrected chi connectivity index (χ4v) is 3.27. The molecular weight excluding hydrogens is 340 g/mol. The average Bonchev–Trinajstić information content (AvgIpc) is 2.60. The highest BCUT2D eigenvalue weighted by molar-refractivity contribution is 7.92. The summed E-state index contributed by atoms with van der Waals surface area (Å²) in [7, 11) is -3.81. The molecule has 25 heavy (non-hydrogen) atoms. The summed E-state index contributed by atoms with van der Waals surface area (Å²) in [5.74, 6) is 0.285. The van der Waals surface area contributed by atoms with Crippen molar-refractivity contribution in [2.45, 2.75) is 25.2 Å². The lowest BCUT2D eigenvalue weighted by atomic mass is 10.1. The van der Waals surface area contributed by atoms with Crippen molar-refractivity contribution in [1.82, 2.24) is 5.32 Å². The van der Waals surface area contributed by atoms with Crippen molar-refractivity contribution in [3.63, 3.8) is 0 Å². The number of amides is 1. The Balaban J connectivity index is 2.24. The van der Waals surface area contributed by atoms with Crippen molar-refractivity contribution in [2.75, 3.05) is 17.9 Å². The Hall–Kier alpha value is -2.54. The van der Waals surface area contributed by atoms with Gasteiger partial charge in [0.2, 0.25) is 0 Å². The Kier molecular flexibility index (Phi) is 6.41. The number of para-hydroxylation sites is 1. The molecule has 0 aliphatic heterocycles. The van der Waals surface area contributed by atoms with Gasteiger partial charge in [0.1, 0.15) is 5.75 Å². The predicted octanol–water partition coefficient (Wildman–Crippen LogP) is 3.03. The zero-order valence-electron chi connectivity index (χ0n) is 14.3. The second-order valence-corrected chi connectivity index (χ2v) is 6.99. The van der Waals surface area contributed by atoms with Crippen molar-refractivity contribution in [3.05, 3.63) is 54.1 Å². The van der Waals surface area contributed by atoms with Gasteiger partial charge in [-0.25, -0.2) is 8.42 Å².